The van der Waals surface area contributed by atoms with Crippen LogP contribution >= 0.6 is 0 Å². The lowest BCUT2D eigenvalue weighted by Crippen LogP contribution is -2.28. The fourth-order valence-electron chi connectivity index (χ4n) is 2.91. The van der Waals surface area contributed by atoms with Gasteiger partial charge in [0.1, 0.15) is 16.5 Å². The van der Waals surface area contributed by atoms with Crippen LogP contribution in [0.15, 0.2) is 47.4 Å². The molecule has 1 saturated heterocycles. The van der Waals surface area contributed by atoms with Crippen LogP contribution in [0.1, 0.15) is 23.2 Å². The summed E-state index contributed by atoms with van der Waals surface area (Å²) in [5, 5.41) is 0. The van der Waals surface area contributed by atoms with E-state index in [-0.39, 0.29) is 27.8 Å². The minimum atomic E-state index is -4.14. The first kappa shape index (κ1) is 18.2. The fraction of sp³-hybridized carbons (Fsp3) is 0.278. The van der Waals surface area contributed by atoms with Gasteiger partial charge in [0.15, 0.2) is 0 Å². The molecule has 0 atom stereocenters. The summed E-state index contributed by atoms with van der Waals surface area (Å²) in [5.74, 6) is -0.915. The number of para-hydroxylation sites is 1. The van der Waals surface area contributed by atoms with Crippen molar-refractivity contribution in [3.63, 3.8) is 0 Å². The highest BCUT2D eigenvalue weighted by Crippen LogP contribution is 2.28. The number of carbonyl (C=O) groups excluding carboxylic acids is 1. The normalized spacial score (nSPS) is 14.3. The summed E-state index contributed by atoms with van der Waals surface area (Å²) in [5.41, 5.74) is 0.407. The third-order valence-corrected chi connectivity index (χ3v) is 5.60. The van der Waals surface area contributed by atoms with Gasteiger partial charge in [0.05, 0.1) is 18.4 Å². The van der Waals surface area contributed by atoms with Crippen molar-refractivity contribution >= 4 is 21.6 Å². The van der Waals surface area contributed by atoms with E-state index in [1.165, 1.54) is 19.2 Å². The molecule has 1 heterocycles. The van der Waals surface area contributed by atoms with Crippen LogP contribution in [0, 0.1) is 5.82 Å². The van der Waals surface area contributed by atoms with E-state index in [1.807, 2.05) is 0 Å². The minimum absolute atomic E-state index is 0.0160. The molecule has 2 aromatic carbocycles. The zero-order valence-corrected chi connectivity index (χ0v) is 15.1. The van der Waals surface area contributed by atoms with Crippen LogP contribution in [0.3, 0.4) is 0 Å². The van der Waals surface area contributed by atoms with E-state index in [2.05, 4.69) is 4.72 Å². The molecule has 138 valence electrons. The van der Waals surface area contributed by atoms with Crippen LogP contribution in [0.4, 0.5) is 10.1 Å². The maximum Gasteiger partial charge on any atom is 0.265 e. The number of carbonyl (C=O) groups is 1. The first-order valence-corrected chi connectivity index (χ1v) is 9.65. The van der Waals surface area contributed by atoms with Crippen LogP contribution in [-0.2, 0) is 10.0 Å². The molecular weight excluding hydrogens is 359 g/mol. The van der Waals surface area contributed by atoms with Crippen molar-refractivity contribution in [2.24, 2.45) is 0 Å². The monoisotopic (exact) mass is 378 g/mol. The molecule has 0 saturated carbocycles. The van der Waals surface area contributed by atoms with Gasteiger partial charge in [-0.3, -0.25) is 9.52 Å². The van der Waals surface area contributed by atoms with Gasteiger partial charge in [-0.25, -0.2) is 12.8 Å². The Morgan fingerprint density at radius 2 is 1.85 bits per heavy atom. The zero-order valence-electron chi connectivity index (χ0n) is 14.2. The van der Waals surface area contributed by atoms with Gasteiger partial charge in [-0.2, -0.15) is 0 Å². The van der Waals surface area contributed by atoms with Crippen molar-refractivity contribution in [3.8, 4) is 5.75 Å². The molecular formula is C18H19FN2O4S. The molecule has 1 aliphatic rings. The third-order valence-electron chi connectivity index (χ3n) is 4.21. The van der Waals surface area contributed by atoms with E-state index >= 15 is 0 Å². The van der Waals surface area contributed by atoms with Crippen molar-refractivity contribution < 1.29 is 22.3 Å². The number of likely N-dealkylation sites (tertiary alicyclic amines) is 1. The summed E-state index contributed by atoms with van der Waals surface area (Å²) >= 11 is 0. The van der Waals surface area contributed by atoms with Gasteiger partial charge >= 0.3 is 0 Å². The molecule has 0 radical (unpaired) electrons. The zero-order chi connectivity index (χ0) is 18.7. The molecule has 0 spiro atoms. The lowest BCUT2D eigenvalue weighted by molar-refractivity contribution is 0.0794. The minimum Gasteiger partial charge on any atom is -0.495 e. The molecule has 1 fully saturated rings. The van der Waals surface area contributed by atoms with Gasteiger partial charge in [0.2, 0.25) is 0 Å². The predicted molar refractivity (Wildman–Crippen MR) is 95.3 cm³/mol. The molecule has 3 rings (SSSR count). The summed E-state index contributed by atoms with van der Waals surface area (Å²) in [6.07, 6.45) is 1.86. The molecule has 8 heteroatoms. The molecule has 1 N–H and O–H groups in total. The number of methoxy groups -OCH3 is 1. The van der Waals surface area contributed by atoms with Gasteiger partial charge < -0.3 is 9.64 Å². The van der Waals surface area contributed by atoms with E-state index in [0.29, 0.717) is 13.1 Å². The number of nitrogens with zero attached hydrogens (tertiary/aromatic N) is 1. The number of halogens is 1. The SMILES string of the molecule is COc1ccc(F)cc1S(=O)(=O)Nc1ccccc1C(=O)N1CCCC1. The highest BCUT2D eigenvalue weighted by Gasteiger charge is 2.25. The van der Waals surface area contributed by atoms with Crippen LogP contribution in [0.25, 0.3) is 0 Å². The number of sulfonamides is 1. The second-order valence-corrected chi connectivity index (χ2v) is 7.60. The van der Waals surface area contributed by atoms with Crippen LogP contribution in [0.5, 0.6) is 5.75 Å². The Balaban J connectivity index is 1.96. The summed E-state index contributed by atoms with van der Waals surface area (Å²) in [6, 6.07) is 9.61. The Hall–Kier alpha value is -2.61. The molecule has 0 bridgehead atoms. The van der Waals surface area contributed by atoms with Crippen molar-refractivity contribution in [2.75, 3.05) is 24.9 Å². The third kappa shape index (κ3) is 3.65. The maximum absolute atomic E-state index is 13.6. The Labute approximate surface area is 151 Å². The highest BCUT2D eigenvalue weighted by molar-refractivity contribution is 7.92. The van der Waals surface area contributed by atoms with Gasteiger partial charge in [-0.1, -0.05) is 12.1 Å². The maximum atomic E-state index is 13.6. The van der Waals surface area contributed by atoms with E-state index < -0.39 is 15.8 Å². The quantitative estimate of drug-likeness (QED) is 0.868. The Morgan fingerprint density at radius 3 is 2.54 bits per heavy atom. The molecule has 0 aliphatic carbocycles. The average Bonchev–Trinajstić information content (AvgIpc) is 3.16. The van der Waals surface area contributed by atoms with Gasteiger partial charge in [-0.05, 0) is 43.2 Å². The van der Waals surface area contributed by atoms with E-state index in [9.17, 15) is 17.6 Å². The Bertz CT molecular complexity index is 925. The van der Waals surface area contributed by atoms with Crippen molar-refractivity contribution in [1.29, 1.82) is 0 Å². The molecule has 0 unspecified atom stereocenters. The van der Waals surface area contributed by atoms with E-state index in [0.717, 1.165) is 25.0 Å². The highest BCUT2D eigenvalue weighted by atomic mass is 32.2. The van der Waals surface area contributed by atoms with Crippen molar-refractivity contribution in [2.45, 2.75) is 17.7 Å². The van der Waals surface area contributed by atoms with Crippen LogP contribution in [-0.4, -0.2) is 39.4 Å². The fourth-order valence-corrected chi connectivity index (χ4v) is 4.17. The van der Waals surface area contributed by atoms with Crippen LogP contribution in [0.2, 0.25) is 0 Å². The summed E-state index contributed by atoms with van der Waals surface area (Å²) in [7, 11) is -2.84. The van der Waals surface area contributed by atoms with Crippen LogP contribution < -0.4 is 9.46 Å². The predicted octanol–water partition coefficient (Wildman–Crippen LogP) is 2.87. The molecule has 2 aromatic rings. The number of anilines is 1. The van der Waals surface area contributed by atoms with Crippen molar-refractivity contribution in [1.82, 2.24) is 4.90 Å². The standard InChI is InChI=1S/C18H19FN2O4S/c1-25-16-9-8-13(19)12-17(16)26(23,24)20-15-7-3-2-6-14(15)18(22)21-10-4-5-11-21/h2-3,6-9,12,20H,4-5,10-11H2,1H3. The van der Waals surface area contributed by atoms with Crippen molar-refractivity contribution in [3.05, 3.63) is 53.8 Å². The number of hydrogen-bond acceptors (Lipinski definition) is 4. The molecule has 26 heavy (non-hydrogen) atoms. The largest absolute Gasteiger partial charge is 0.495 e. The molecule has 1 aliphatic heterocycles. The number of hydrogen-bond donors (Lipinski definition) is 1. The molecule has 6 nitrogen and oxygen atoms in total. The topological polar surface area (TPSA) is 75.7 Å². The first-order valence-electron chi connectivity index (χ1n) is 8.17. The number of amides is 1. The smallest absolute Gasteiger partial charge is 0.265 e. The summed E-state index contributed by atoms with van der Waals surface area (Å²) < 4.78 is 46.5. The number of nitrogens with one attached hydrogen (secondary N) is 1. The number of benzene rings is 2. The Morgan fingerprint density at radius 1 is 1.15 bits per heavy atom. The Kier molecular flexibility index (Phi) is 5.13. The lowest BCUT2D eigenvalue weighted by Gasteiger charge is -2.18. The van der Waals surface area contributed by atoms with E-state index in [4.69, 9.17) is 4.74 Å². The van der Waals surface area contributed by atoms with E-state index in [1.54, 1.807) is 23.1 Å². The van der Waals surface area contributed by atoms with Gasteiger partial charge in [0.25, 0.3) is 15.9 Å². The summed E-state index contributed by atoms with van der Waals surface area (Å²) in [4.78, 5) is 14.0. The van der Waals surface area contributed by atoms with Gasteiger partial charge in [0, 0.05) is 13.1 Å². The second kappa shape index (κ2) is 7.33. The first-order chi connectivity index (χ1) is 12.4. The summed E-state index contributed by atoms with van der Waals surface area (Å²) in [6.45, 7) is 1.30. The molecule has 0 aromatic heterocycles. The lowest BCUT2D eigenvalue weighted by atomic mass is 10.1. The second-order valence-electron chi connectivity index (χ2n) is 5.95. The average molecular weight is 378 g/mol. The number of ether oxygens (including phenoxy) is 1. The molecule has 1 amide bonds. The van der Waals surface area contributed by atoms with Gasteiger partial charge in [-0.15, -0.1) is 0 Å². The number of rotatable bonds is 5.